The number of nitrogens with zero attached hydrogens (tertiary/aromatic N) is 2. The quantitative estimate of drug-likeness (QED) is 0.190. The molecule has 0 aliphatic heterocycles. The number of nitrogens with one attached hydrogen (secondary N) is 1. The summed E-state index contributed by atoms with van der Waals surface area (Å²) in [5, 5.41) is 4.01. The van der Waals surface area contributed by atoms with Crippen LogP contribution >= 0.6 is 0 Å². The predicted octanol–water partition coefficient (Wildman–Crippen LogP) is 4.94. The van der Waals surface area contributed by atoms with Crippen LogP contribution in [-0.4, -0.2) is 41.3 Å². The lowest BCUT2D eigenvalue weighted by Crippen LogP contribution is -2.39. The first-order valence-corrected chi connectivity index (χ1v) is 14.1. The Balaban J connectivity index is 1.46. The van der Waals surface area contributed by atoms with Crippen LogP contribution in [-0.2, 0) is 21.4 Å². The van der Waals surface area contributed by atoms with Gasteiger partial charge in [0.15, 0.2) is 11.5 Å². The number of amides is 1. The zero-order chi connectivity index (χ0) is 29.2. The van der Waals surface area contributed by atoms with E-state index in [0.29, 0.717) is 23.9 Å². The third-order valence-electron chi connectivity index (χ3n) is 6.08. The van der Waals surface area contributed by atoms with Gasteiger partial charge in [-0.25, -0.2) is 13.8 Å². The molecule has 0 atom stereocenters. The van der Waals surface area contributed by atoms with Gasteiger partial charge in [0, 0.05) is 6.07 Å². The van der Waals surface area contributed by atoms with E-state index in [4.69, 9.17) is 14.2 Å². The van der Waals surface area contributed by atoms with E-state index in [9.17, 15) is 13.2 Å². The minimum Gasteiger partial charge on any atom is -0.493 e. The topological polar surface area (TPSA) is 107 Å². The van der Waals surface area contributed by atoms with Gasteiger partial charge in [-0.15, -0.1) is 0 Å². The number of hydrogen-bond acceptors (Lipinski definition) is 7. The average Bonchev–Trinajstić information content (AvgIpc) is 2.99. The van der Waals surface area contributed by atoms with E-state index in [1.165, 1.54) is 38.6 Å². The lowest BCUT2D eigenvalue weighted by molar-refractivity contribution is -0.119. The molecule has 0 aliphatic carbocycles. The van der Waals surface area contributed by atoms with Gasteiger partial charge < -0.3 is 14.2 Å². The van der Waals surface area contributed by atoms with Crippen molar-refractivity contribution in [2.75, 3.05) is 25.1 Å². The van der Waals surface area contributed by atoms with E-state index in [0.717, 1.165) is 21.0 Å². The first-order valence-electron chi connectivity index (χ1n) is 12.7. The largest absolute Gasteiger partial charge is 0.493 e. The summed E-state index contributed by atoms with van der Waals surface area (Å²) >= 11 is 0. The molecule has 9 nitrogen and oxygen atoms in total. The van der Waals surface area contributed by atoms with E-state index in [1.807, 2.05) is 37.3 Å². The third kappa shape index (κ3) is 7.64. The standard InChI is InChI=1S/C31H31N3O6S/c1-23-9-16-28(17-10-23)41(36,37)34(26-13-18-29(38-2)30(19-26)39-3)21-31(35)33-32-20-24-11-14-27(15-12-24)40-22-25-7-5-4-6-8-25/h4-20H,21-22H2,1-3H3,(H,33,35)/b32-20+. The molecule has 0 saturated carbocycles. The normalized spacial score (nSPS) is 11.2. The molecule has 0 bridgehead atoms. The fraction of sp³-hybridized carbons (Fsp3) is 0.161. The zero-order valence-corrected chi connectivity index (χ0v) is 23.8. The van der Waals surface area contributed by atoms with E-state index in [1.54, 1.807) is 48.5 Å². The molecule has 41 heavy (non-hydrogen) atoms. The summed E-state index contributed by atoms with van der Waals surface area (Å²) in [4.78, 5) is 12.9. The Labute approximate surface area is 240 Å². The minimum absolute atomic E-state index is 0.0451. The smallest absolute Gasteiger partial charge is 0.264 e. The molecule has 0 saturated heterocycles. The molecule has 0 heterocycles. The molecule has 212 valence electrons. The molecule has 4 aromatic rings. The lowest BCUT2D eigenvalue weighted by atomic mass is 10.2. The molecule has 0 fully saturated rings. The van der Waals surface area contributed by atoms with Crippen LogP contribution in [0.4, 0.5) is 5.69 Å². The highest BCUT2D eigenvalue weighted by atomic mass is 32.2. The molecule has 0 radical (unpaired) electrons. The van der Waals surface area contributed by atoms with Crippen LogP contribution in [0.25, 0.3) is 0 Å². The van der Waals surface area contributed by atoms with E-state index in [2.05, 4.69) is 10.5 Å². The SMILES string of the molecule is COc1ccc(N(CC(=O)N/N=C/c2ccc(OCc3ccccc3)cc2)S(=O)(=O)c2ccc(C)cc2)cc1OC. The van der Waals surface area contributed by atoms with E-state index in [-0.39, 0.29) is 10.6 Å². The second-order valence-electron chi connectivity index (χ2n) is 9.00. The summed E-state index contributed by atoms with van der Waals surface area (Å²) < 4.78 is 44.7. The number of benzene rings is 4. The molecule has 4 rings (SSSR count). The van der Waals surface area contributed by atoms with Gasteiger partial charge in [0.1, 0.15) is 18.9 Å². The van der Waals surface area contributed by atoms with Crippen LogP contribution in [0.15, 0.2) is 107 Å². The molecule has 4 aromatic carbocycles. The van der Waals surface area contributed by atoms with Crippen LogP contribution in [0.3, 0.4) is 0 Å². The zero-order valence-electron chi connectivity index (χ0n) is 23.0. The fourth-order valence-electron chi connectivity index (χ4n) is 3.87. The maximum absolute atomic E-state index is 13.6. The number of anilines is 1. The minimum atomic E-state index is -4.11. The van der Waals surface area contributed by atoms with Crippen molar-refractivity contribution in [1.82, 2.24) is 5.43 Å². The highest BCUT2D eigenvalue weighted by Crippen LogP contribution is 2.33. The highest BCUT2D eigenvalue weighted by Gasteiger charge is 2.28. The van der Waals surface area contributed by atoms with Crippen molar-refractivity contribution >= 4 is 27.8 Å². The second kappa shape index (κ2) is 13.5. The van der Waals surface area contributed by atoms with Crippen molar-refractivity contribution in [3.63, 3.8) is 0 Å². The molecular weight excluding hydrogens is 542 g/mol. The van der Waals surface area contributed by atoms with Crippen LogP contribution in [0, 0.1) is 6.92 Å². The Morgan fingerprint density at radius 1 is 0.878 bits per heavy atom. The summed E-state index contributed by atoms with van der Waals surface area (Å²) in [5.41, 5.74) is 5.34. The summed E-state index contributed by atoms with van der Waals surface area (Å²) in [6.07, 6.45) is 1.47. The number of hydrogen-bond donors (Lipinski definition) is 1. The van der Waals surface area contributed by atoms with E-state index < -0.39 is 22.5 Å². The van der Waals surface area contributed by atoms with Crippen LogP contribution in [0.1, 0.15) is 16.7 Å². The summed E-state index contributed by atoms with van der Waals surface area (Å²) in [5.74, 6) is 0.814. The van der Waals surface area contributed by atoms with E-state index >= 15 is 0 Å². The van der Waals surface area contributed by atoms with Gasteiger partial charge in [-0.05, 0) is 66.6 Å². The van der Waals surface area contributed by atoms with Gasteiger partial charge in [-0.1, -0.05) is 48.0 Å². The molecule has 0 aliphatic rings. The van der Waals surface area contributed by atoms with Crippen LogP contribution in [0.2, 0.25) is 0 Å². The van der Waals surface area contributed by atoms with Gasteiger partial charge in [-0.3, -0.25) is 9.10 Å². The van der Waals surface area contributed by atoms with Crippen molar-refractivity contribution in [1.29, 1.82) is 0 Å². The lowest BCUT2D eigenvalue weighted by Gasteiger charge is -2.24. The molecule has 0 unspecified atom stereocenters. The monoisotopic (exact) mass is 573 g/mol. The highest BCUT2D eigenvalue weighted by molar-refractivity contribution is 7.92. The van der Waals surface area contributed by atoms with Crippen molar-refractivity contribution < 1.29 is 27.4 Å². The maximum Gasteiger partial charge on any atom is 0.264 e. The average molecular weight is 574 g/mol. The summed E-state index contributed by atoms with van der Waals surface area (Å²) in [7, 11) is -1.18. The molecular formula is C31H31N3O6S. The van der Waals surface area contributed by atoms with Crippen molar-refractivity contribution in [3.05, 3.63) is 114 Å². The van der Waals surface area contributed by atoms with Crippen LogP contribution < -0.4 is 23.9 Å². The van der Waals surface area contributed by atoms with Crippen molar-refractivity contribution in [2.24, 2.45) is 5.10 Å². The van der Waals surface area contributed by atoms with Gasteiger partial charge in [0.25, 0.3) is 15.9 Å². The number of carbonyl (C=O) groups is 1. The number of methoxy groups -OCH3 is 2. The Kier molecular flexibility index (Phi) is 9.60. The fourth-order valence-corrected chi connectivity index (χ4v) is 5.28. The van der Waals surface area contributed by atoms with Gasteiger partial charge in [0.2, 0.25) is 0 Å². The molecule has 0 spiro atoms. The number of hydrazone groups is 1. The maximum atomic E-state index is 13.6. The summed E-state index contributed by atoms with van der Waals surface area (Å²) in [6.45, 7) is 1.79. The van der Waals surface area contributed by atoms with Crippen LogP contribution in [0.5, 0.6) is 17.2 Å². The molecule has 1 amide bonds. The number of aryl methyl sites for hydroxylation is 1. The number of ether oxygens (including phenoxy) is 3. The van der Waals surface area contributed by atoms with Crippen molar-refractivity contribution in [2.45, 2.75) is 18.4 Å². The first-order chi connectivity index (χ1) is 19.8. The first kappa shape index (κ1) is 29.2. The van der Waals surface area contributed by atoms with Gasteiger partial charge in [-0.2, -0.15) is 5.10 Å². The van der Waals surface area contributed by atoms with Crippen molar-refractivity contribution in [3.8, 4) is 17.2 Å². The van der Waals surface area contributed by atoms with Gasteiger partial charge in [0.05, 0.1) is 31.0 Å². The molecule has 10 heteroatoms. The summed E-state index contributed by atoms with van der Waals surface area (Å²) in [6, 6.07) is 28.1. The number of sulfonamides is 1. The Bertz CT molecular complexity index is 1590. The Morgan fingerprint density at radius 3 is 2.22 bits per heavy atom. The molecule has 0 aromatic heterocycles. The molecule has 1 N–H and O–H groups in total. The Morgan fingerprint density at radius 2 is 1.56 bits per heavy atom. The second-order valence-corrected chi connectivity index (χ2v) is 10.9. The Hall–Kier alpha value is -4.83. The third-order valence-corrected chi connectivity index (χ3v) is 7.87. The number of carbonyl (C=O) groups excluding carboxylic acids is 1. The van der Waals surface area contributed by atoms with Gasteiger partial charge >= 0.3 is 0 Å². The predicted molar refractivity (Wildman–Crippen MR) is 158 cm³/mol. The number of rotatable bonds is 12.